The number of imidazole rings is 1. The molecule has 0 fully saturated rings. The van der Waals surface area contributed by atoms with Gasteiger partial charge in [0.05, 0.1) is 21.7 Å². The Balaban J connectivity index is 2.36. The van der Waals surface area contributed by atoms with E-state index in [2.05, 4.69) is 4.98 Å². The predicted octanol–water partition coefficient (Wildman–Crippen LogP) is 1.84. The Morgan fingerprint density at radius 2 is 1.95 bits per heavy atom. The summed E-state index contributed by atoms with van der Waals surface area (Å²) in [7, 11) is 0. The maximum absolute atomic E-state index is 12.1. The van der Waals surface area contributed by atoms with E-state index in [0.717, 1.165) is 11.6 Å². The zero-order valence-corrected chi connectivity index (χ0v) is 11.6. The highest BCUT2D eigenvalue weighted by Gasteiger charge is 2.15. The second kappa shape index (κ2) is 4.83. The van der Waals surface area contributed by atoms with Crippen molar-refractivity contribution >= 4 is 22.6 Å². The number of fused-ring (bicyclic) bond motifs is 1. The van der Waals surface area contributed by atoms with Gasteiger partial charge in [0.2, 0.25) is 0 Å². The molecule has 0 amide bonds. The number of hydrogen-bond acceptors (Lipinski definition) is 4. The second-order valence-corrected chi connectivity index (χ2v) is 5.02. The number of aromatic hydroxyl groups is 2. The van der Waals surface area contributed by atoms with E-state index in [1.165, 1.54) is 10.6 Å². The minimum atomic E-state index is -0.420. The molecule has 108 valence electrons. The van der Waals surface area contributed by atoms with Crippen LogP contribution in [0.4, 0.5) is 0 Å². The number of nitrogens with zero attached hydrogens (tertiary/aromatic N) is 1. The number of nitrogens with two attached hydrogens (primary N) is 1. The molecule has 0 unspecified atom stereocenters. The number of rotatable bonds is 2. The van der Waals surface area contributed by atoms with Gasteiger partial charge in [0.15, 0.2) is 0 Å². The summed E-state index contributed by atoms with van der Waals surface area (Å²) in [5.41, 5.74) is 7.40. The average molecular weight is 306 g/mol. The van der Waals surface area contributed by atoms with Crippen molar-refractivity contribution in [1.82, 2.24) is 9.55 Å². The molecule has 0 aliphatic rings. The third kappa shape index (κ3) is 2.14. The van der Waals surface area contributed by atoms with Crippen molar-refractivity contribution in [3.63, 3.8) is 0 Å². The first-order chi connectivity index (χ1) is 10.0. The smallest absolute Gasteiger partial charge is 0.331 e. The molecule has 0 saturated carbocycles. The molecule has 3 rings (SSSR count). The number of hydrogen-bond donors (Lipinski definition) is 4. The Morgan fingerprint density at radius 3 is 2.67 bits per heavy atom. The monoisotopic (exact) mass is 305 g/mol. The number of aromatic amines is 1. The number of benzene rings is 2. The Bertz CT molecular complexity index is 898. The molecule has 0 atom stereocenters. The number of phenolic OH excluding ortho intramolecular Hbond substituents is 2. The minimum Gasteiger partial charge on any atom is -0.506 e. The van der Waals surface area contributed by atoms with Gasteiger partial charge in [-0.05, 0) is 23.8 Å². The van der Waals surface area contributed by atoms with Crippen molar-refractivity contribution in [2.24, 2.45) is 5.73 Å². The molecular formula is C14H12ClN3O3. The van der Waals surface area contributed by atoms with Crippen molar-refractivity contribution in [2.45, 2.75) is 6.54 Å². The van der Waals surface area contributed by atoms with Crippen LogP contribution in [0.25, 0.3) is 16.7 Å². The van der Waals surface area contributed by atoms with Crippen LogP contribution in [0.1, 0.15) is 5.56 Å². The van der Waals surface area contributed by atoms with E-state index in [1.54, 1.807) is 12.1 Å². The Kier molecular flexibility index (Phi) is 3.12. The number of H-pyrrole nitrogens is 1. The van der Waals surface area contributed by atoms with E-state index in [1.807, 2.05) is 6.07 Å². The molecule has 0 saturated heterocycles. The fraction of sp³-hybridized carbons (Fsp3) is 0.0714. The van der Waals surface area contributed by atoms with Crippen LogP contribution in [0.15, 0.2) is 35.1 Å². The van der Waals surface area contributed by atoms with Crippen LogP contribution >= 0.6 is 11.6 Å². The first-order valence-electron chi connectivity index (χ1n) is 6.17. The lowest BCUT2D eigenvalue weighted by atomic mass is 10.2. The molecule has 0 aliphatic heterocycles. The molecule has 3 aromatic rings. The molecule has 21 heavy (non-hydrogen) atoms. The van der Waals surface area contributed by atoms with Crippen LogP contribution in [0, 0.1) is 0 Å². The van der Waals surface area contributed by atoms with Crippen LogP contribution in [-0.2, 0) is 6.54 Å². The van der Waals surface area contributed by atoms with Gasteiger partial charge in [-0.2, -0.15) is 0 Å². The summed E-state index contributed by atoms with van der Waals surface area (Å²) < 4.78 is 1.29. The van der Waals surface area contributed by atoms with Crippen LogP contribution in [0.5, 0.6) is 11.5 Å². The van der Waals surface area contributed by atoms with Gasteiger partial charge in [0.25, 0.3) is 0 Å². The Hall–Kier alpha value is -2.44. The summed E-state index contributed by atoms with van der Waals surface area (Å²) in [5, 5.41) is 19.5. The van der Waals surface area contributed by atoms with Gasteiger partial charge in [0, 0.05) is 12.6 Å². The predicted molar refractivity (Wildman–Crippen MR) is 80.1 cm³/mol. The van der Waals surface area contributed by atoms with E-state index < -0.39 is 5.69 Å². The highest BCUT2D eigenvalue weighted by Crippen LogP contribution is 2.33. The van der Waals surface area contributed by atoms with Gasteiger partial charge in [-0.25, -0.2) is 4.79 Å². The Morgan fingerprint density at radius 1 is 1.19 bits per heavy atom. The molecule has 7 heteroatoms. The van der Waals surface area contributed by atoms with E-state index in [0.29, 0.717) is 17.6 Å². The summed E-state index contributed by atoms with van der Waals surface area (Å²) in [6, 6.07) is 7.74. The summed E-state index contributed by atoms with van der Waals surface area (Å²) >= 11 is 5.86. The van der Waals surface area contributed by atoms with Crippen LogP contribution in [0.2, 0.25) is 5.02 Å². The van der Waals surface area contributed by atoms with Crippen LogP contribution in [-0.4, -0.2) is 19.8 Å². The third-order valence-corrected chi connectivity index (χ3v) is 3.57. The van der Waals surface area contributed by atoms with Gasteiger partial charge in [0.1, 0.15) is 11.5 Å². The number of phenols is 2. The molecule has 0 aliphatic carbocycles. The normalized spacial score (nSPS) is 11.1. The zero-order chi connectivity index (χ0) is 15.1. The lowest BCUT2D eigenvalue weighted by molar-refractivity contribution is 0.449. The second-order valence-electron chi connectivity index (χ2n) is 4.61. The van der Waals surface area contributed by atoms with Gasteiger partial charge < -0.3 is 20.9 Å². The summed E-state index contributed by atoms with van der Waals surface area (Å²) in [4.78, 5) is 14.8. The molecule has 0 spiro atoms. The van der Waals surface area contributed by atoms with Crippen LogP contribution < -0.4 is 11.4 Å². The van der Waals surface area contributed by atoms with Crippen molar-refractivity contribution in [2.75, 3.05) is 0 Å². The molecule has 1 aromatic heterocycles. The quantitative estimate of drug-likeness (QED) is 0.580. The van der Waals surface area contributed by atoms with Crippen molar-refractivity contribution < 1.29 is 10.2 Å². The molecule has 1 heterocycles. The van der Waals surface area contributed by atoms with Gasteiger partial charge in [-0.3, -0.25) is 4.57 Å². The SMILES string of the molecule is NCc1ccc2[nH]c(=O)n(-c3cc(Cl)c(O)cc3O)c2c1. The van der Waals surface area contributed by atoms with Gasteiger partial charge >= 0.3 is 5.69 Å². The maximum Gasteiger partial charge on any atom is 0.331 e. The van der Waals surface area contributed by atoms with E-state index in [4.69, 9.17) is 17.3 Å². The van der Waals surface area contributed by atoms with E-state index >= 15 is 0 Å². The Labute approximate surface area is 124 Å². The summed E-state index contributed by atoms with van der Waals surface area (Å²) in [6.45, 7) is 0.331. The largest absolute Gasteiger partial charge is 0.506 e. The maximum atomic E-state index is 12.1. The number of halogens is 1. The molecule has 2 aromatic carbocycles. The molecule has 5 N–H and O–H groups in total. The highest BCUT2D eigenvalue weighted by molar-refractivity contribution is 6.32. The molecular weight excluding hydrogens is 294 g/mol. The topological polar surface area (TPSA) is 104 Å². The van der Waals surface area contributed by atoms with Gasteiger partial charge in [-0.15, -0.1) is 0 Å². The third-order valence-electron chi connectivity index (χ3n) is 3.27. The highest BCUT2D eigenvalue weighted by atomic mass is 35.5. The molecule has 0 bridgehead atoms. The number of aromatic nitrogens is 2. The summed E-state index contributed by atoms with van der Waals surface area (Å²) in [5.74, 6) is -0.508. The minimum absolute atomic E-state index is 0.0408. The van der Waals surface area contributed by atoms with Crippen molar-refractivity contribution in [1.29, 1.82) is 0 Å². The molecule has 0 radical (unpaired) electrons. The van der Waals surface area contributed by atoms with Crippen molar-refractivity contribution in [3.05, 3.63) is 51.4 Å². The average Bonchev–Trinajstić information content (AvgIpc) is 2.78. The van der Waals surface area contributed by atoms with Crippen LogP contribution in [0.3, 0.4) is 0 Å². The number of nitrogens with one attached hydrogen (secondary N) is 1. The standard InChI is InChI=1S/C14H12ClN3O3/c15-8-4-11(13(20)5-12(8)19)18-10-3-7(6-16)1-2-9(10)17-14(18)21/h1-5,19-20H,6,16H2,(H,17,21). The lowest BCUT2D eigenvalue weighted by Crippen LogP contribution is -2.14. The summed E-state index contributed by atoms with van der Waals surface area (Å²) in [6.07, 6.45) is 0. The van der Waals surface area contributed by atoms with Gasteiger partial charge in [-0.1, -0.05) is 17.7 Å². The lowest BCUT2D eigenvalue weighted by Gasteiger charge is -2.08. The van der Waals surface area contributed by atoms with E-state index in [9.17, 15) is 15.0 Å². The molecule has 6 nitrogen and oxygen atoms in total. The first kappa shape index (κ1) is 13.5. The first-order valence-corrected chi connectivity index (χ1v) is 6.54. The fourth-order valence-corrected chi connectivity index (χ4v) is 2.39. The van der Waals surface area contributed by atoms with E-state index in [-0.39, 0.29) is 22.2 Å². The fourth-order valence-electron chi connectivity index (χ4n) is 2.23. The van der Waals surface area contributed by atoms with Crippen molar-refractivity contribution in [3.8, 4) is 17.2 Å². The zero-order valence-electron chi connectivity index (χ0n) is 10.8.